The van der Waals surface area contributed by atoms with E-state index in [4.69, 9.17) is 26.8 Å². The fraction of sp³-hybridized carbons (Fsp3) is 0.158. The van der Waals surface area contributed by atoms with Gasteiger partial charge in [-0.3, -0.25) is 14.4 Å². The fourth-order valence-electron chi connectivity index (χ4n) is 2.11. The summed E-state index contributed by atoms with van der Waals surface area (Å²) >= 11 is 5.82. The molecule has 2 rings (SSSR count). The number of benzene rings is 2. The number of nitrogens with two attached hydrogens (primary N) is 1. The number of hydrogen-bond donors (Lipinski definition) is 3. The maximum atomic E-state index is 11.9. The molecular formula is C19H19ClN4O5. The predicted octanol–water partition coefficient (Wildman–Crippen LogP) is 1.69. The van der Waals surface area contributed by atoms with E-state index >= 15 is 0 Å². The second-order valence-corrected chi connectivity index (χ2v) is 5.99. The summed E-state index contributed by atoms with van der Waals surface area (Å²) in [7, 11) is 0. The maximum absolute atomic E-state index is 11.9. The van der Waals surface area contributed by atoms with Gasteiger partial charge in [-0.25, -0.2) is 5.43 Å². The summed E-state index contributed by atoms with van der Waals surface area (Å²) in [5, 5.41) is 6.57. The Morgan fingerprint density at radius 3 is 2.59 bits per heavy atom. The van der Waals surface area contributed by atoms with Crippen molar-refractivity contribution in [3.63, 3.8) is 0 Å². The molecule has 0 atom stereocenters. The third kappa shape index (κ3) is 7.15. The van der Waals surface area contributed by atoms with E-state index in [0.717, 1.165) is 0 Å². The van der Waals surface area contributed by atoms with Crippen molar-refractivity contribution in [2.24, 2.45) is 10.8 Å². The number of nitrogens with zero attached hydrogens (tertiary/aromatic N) is 1. The molecule has 0 bridgehead atoms. The molecule has 0 heterocycles. The number of carbonyl (C=O) groups excluding carboxylic acids is 3. The highest BCUT2D eigenvalue weighted by molar-refractivity contribution is 6.39. The van der Waals surface area contributed by atoms with Gasteiger partial charge < -0.3 is 20.5 Å². The van der Waals surface area contributed by atoms with Gasteiger partial charge >= 0.3 is 11.8 Å². The fourth-order valence-corrected chi connectivity index (χ4v) is 2.30. The first-order valence-electron chi connectivity index (χ1n) is 8.47. The molecule has 3 amide bonds. The van der Waals surface area contributed by atoms with Crippen LogP contribution in [0.25, 0.3) is 0 Å². The quantitative estimate of drug-likeness (QED) is 0.341. The van der Waals surface area contributed by atoms with Crippen LogP contribution in [0, 0.1) is 0 Å². The van der Waals surface area contributed by atoms with Gasteiger partial charge in [0, 0.05) is 10.7 Å². The molecular weight excluding hydrogens is 400 g/mol. The number of amides is 3. The molecule has 0 aliphatic rings. The van der Waals surface area contributed by atoms with Crippen molar-refractivity contribution in [2.45, 2.75) is 6.92 Å². The van der Waals surface area contributed by atoms with Gasteiger partial charge in [0.25, 0.3) is 5.91 Å². The zero-order valence-electron chi connectivity index (χ0n) is 15.5. The van der Waals surface area contributed by atoms with Crippen molar-refractivity contribution in [3.05, 3.63) is 53.1 Å². The molecule has 0 saturated carbocycles. The molecule has 4 N–H and O–H groups in total. The van der Waals surface area contributed by atoms with E-state index in [0.29, 0.717) is 34.4 Å². The van der Waals surface area contributed by atoms with Crippen molar-refractivity contribution in [1.82, 2.24) is 5.43 Å². The lowest BCUT2D eigenvalue weighted by molar-refractivity contribution is -0.136. The number of hydrogen-bond acceptors (Lipinski definition) is 6. The molecule has 0 aliphatic carbocycles. The summed E-state index contributed by atoms with van der Waals surface area (Å²) in [5.41, 5.74) is 8.14. The Bertz CT molecular complexity index is 933. The van der Waals surface area contributed by atoms with E-state index < -0.39 is 17.7 Å². The minimum Gasteiger partial charge on any atom is -0.490 e. The largest absolute Gasteiger partial charge is 0.490 e. The van der Waals surface area contributed by atoms with Crippen LogP contribution in [0.4, 0.5) is 5.69 Å². The predicted molar refractivity (Wildman–Crippen MR) is 108 cm³/mol. The molecule has 2 aromatic carbocycles. The number of primary amides is 1. The average molecular weight is 419 g/mol. The van der Waals surface area contributed by atoms with Crippen molar-refractivity contribution >= 4 is 41.2 Å². The van der Waals surface area contributed by atoms with Gasteiger partial charge in [-0.05, 0) is 48.9 Å². The Balaban J connectivity index is 1.97. The first-order valence-corrected chi connectivity index (χ1v) is 8.84. The van der Waals surface area contributed by atoms with Crippen molar-refractivity contribution in [3.8, 4) is 11.5 Å². The lowest BCUT2D eigenvalue weighted by atomic mass is 10.2. The highest BCUT2D eigenvalue weighted by Crippen LogP contribution is 2.28. The Morgan fingerprint density at radius 1 is 1.10 bits per heavy atom. The number of hydrazone groups is 1. The normalized spacial score (nSPS) is 10.4. The molecule has 29 heavy (non-hydrogen) atoms. The number of rotatable bonds is 8. The zero-order chi connectivity index (χ0) is 21.2. The van der Waals surface area contributed by atoms with Gasteiger partial charge in [-0.2, -0.15) is 5.10 Å². The molecule has 0 saturated heterocycles. The highest BCUT2D eigenvalue weighted by Gasteiger charge is 2.13. The summed E-state index contributed by atoms with van der Waals surface area (Å²) in [6, 6.07) is 11.2. The molecule has 10 heteroatoms. The monoisotopic (exact) mass is 418 g/mol. The SMILES string of the molecule is CCOc1cc(C=NNC(=O)C(=O)Nc2cccc(Cl)c2)ccc1OCC(N)=O. The van der Waals surface area contributed by atoms with Crippen LogP contribution in [-0.2, 0) is 14.4 Å². The van der Waals surface area contributed by atoms with E-state index in [1.807, 2.05) is 0 Å². The standard InChI is InChI=1S/C19H19ClN4O5/c1-2-28-16-8-12(6-7-15(16)29-11-17(21)25)10-22-24-19(27)18(26)23-14-5-3-4-13(20)9-14/h3-10H,2,11H2,1H3,(H2,21,25)(H,23,26)(H,24,27). The van der Waals surface area contributed by atoms with E-state index in [1.165, 1.54) is 12.3 Å². The van der Waals surface area contributed by atoms with Gasteiger partial charge in [-0.1, -0.05) is 17.7 Å². The molecule has 0 fully saturated rings. The first-order chi connectivity index (χ1) is 13.9. The van der Waals surface area contributed by atoms with Crippen LogP contribution in [0.2, 0.25) is 5.02 Å². The smallest absolute Gasteiger partial charge is 0.329 e. The Hall–Kier alpha value is -3.59. The van der Waals surface area contributed by atoms with Gasteiger partial charge in [0.2, 0.25) is 0 Å². The topological polar surface area (TPSA) is 132 Å². The highest BCUT2D eigenvalue weighted by atomic mass is 35.5. The summed E-state index contributed by atoms with van der Waals surface area (Å²) in [5.74, 6) is -1.74. The zero-order valence-corrected chi connectivity index (χ0v) is 16.2. The number of ether oxygens (including phenoxy) is 2. The summed E-state index contributed by atoms with van der Waals surface area (Å²) < 4.78 is 10.7. The molecule has 2 aromatic rings. The van der Waals surface area contributed by atoms with Crippen molar-refractivity contribution in [2.75, 3.05) is 18.5 Å². The molecule has 0 aliphatic heterocycles. The van der Waals surface area contributed by atoms with Gasteiger partial charge in [0.1, 0.15) is 0 Å². The van der Waals surface area contributed by atoms with Crippen molar-refractivity contribution in [1.29, 1.82) is 0 Å². The van der Waals surface area contributed by atoms with Crippen LogP contribution in [-0.4, -0.2) is 37.1 Å². The number of nitrogens with one attached hydrogen (secondary N) is 2. The number of anilines is 1. The van der Waals surface area contributed by atoms with E-state index in [2.05, 4.69) is 15.8 Å². The molecule has 0 spiro atoms. The number of carbonyl (C=O) groups is 3. The summed E-state index contributed by atoms with van der Waals surface area (Å²) in [4.78, 5) is 34.6. The van der Waals surface area contributed by atoms with E-state index in [-0.39, 0.29) is 6.61 Å². The second-order valence-electron chi connectivity index (χ2n) is 5.56. The van der Waals surface area contributed by atoms with Crippen LogP contribution >= 0.6 is 11.6 Å². The third-order valence-electron chi connectivity index (χ3n) is 3.31. The van der Waals surface area contributed by atoms with Gasteiger partial charge in [0.15, 0.2) is 18.1 Å². The van der Waals surface area contributed by atoms with Crippen LogP contribution < -0.4 is 25.9 Å². The molecule has 0 aromatic heterocycles. The van der Waals surface area contributed by atoms with Gasteiger partial charge in [0.05, 0.1) is 12.8 Å². The lowest BCUT2D eigenvalue weighted by Gasteiger charge is -2.11. The van der Waals surface area contributed by atoms with Crippen LogP contribution in [0.1, 0.15) is 12.5 Å². The van der Waals surface area contributed by atoms with Crippen LogP contribution in [0.3, 0.4) is 0 Å². The molecule has 0 radical (unpaired) electrons. The molecule has 152 valence electrons. The second kappa shape index (κ2) is 10.7. The average Bonchev–Trinajstić information content (AvgIpc) is 2.67. The Labute approximate surface area is 171 Å². The minimum atomic E-state index is -0.951. The van der Waals surface area contributed by atoms with Crippen molar-refractivity contribution < 1.29 is 23.9 Å². The maximum Gasteiger partial charge on any atom is 0.329 e. The third-order valence-corrected chi connectivity index (χ3v) is 3.54. The Kier molecular flexibility index (Phi) is 7.99. The molecule has 9 nitrogen and oxygen atoms in total. The minimum absolute atomic E-state index is 0.286. The first kappa shape index (κ1) is 21.7. The summed E-state index contributed by atoms with van der Waals surface area (Å²) in [6.07, 6.45) is 1.32. The Morgan fingerprint density at radius 2 is 1.90 bits per heavy atom. The van der Waals surface area contributed by atoms with Gasteiger partial charge in [-0.15, -0.1) is 0 Å². The lowest BCUT2D eigenvalue weighted by Crippen LogP contribution is -2.32. The number of halogens is 1. The van der Waals surface area contributed by atoms with Crippen LogP contribution in [0.15, 0.2) is 47.6 Å². The molecule has 0 unspecified atom stereocenters. The van der Waals surface area contributed by atoms with E-state index in [9.17, 15) is 14.4 Å². The van der Waals surface area contributed by atoms with E-state index in [1.54, 1.807) is 43.3 Å². The summed E-state index contributed by atoms with van der Waals surface area (Å²) in [6.45, 7) is 1.87. The van der Waals surface area contributed by atoms with Crippen LogP contribution in [0.5, 0.6) is 11.5 Å².